The quantitative estimate of drug-likeness (QED) is 0.826. The minimum atomic E-state index is -1.34. The first-order valence-electron chi connectivity index (χ1n) is 5.80. The average Bonchev–Trinajstić information content (AvgIpc) is 2.29. The molecule has 0 fully saturated rings. The van der Waals surface area contributed by atoms with Gasteiger partial charge in [0, 0.05) is 11.6 Å². The van der Waals surface area contributed by atoms with Gasteiger partial charge in [-0.1, -0.05) is 13.0 Å². The zero-order valence-corrected chi connectivity index (χ0v) is 10.3. The molecule has 0 bridgehead atoms. The second-order valence-corrected chi connectivity index (χ2v) is 3.88. The second kappa shape index (κ2) is 6.44. The standard InChI is InChI=1S/C13H16F2O3/c1-3-9(13(17)18-4-2)12(16)10-6-5-8(14)7-11(10)15/h5-7,9,12,16H,3-4H2,1-2H3. The van der Waals surface area contributed by atoms with Crippen molar-refractivity contribution in [2.75, 3.05) is 6.61 Å². The van der Waals surface area contributed by atoms with Crippen LogP contribution in [-0.2, 0) is 9.53 Å². The van der Waals surface area contributed by atoms with Crippen LogP contribution in [0.1, 0.15) is 31.9 Å². The molecule has 2 atom stereocenters. The molecule has 3 nitrogen and oxygen atoms in total. The Morgan fingerprint density at radius 1 is 1.39 bits per heavy atom. The SMILES string of the molecule is CCOC(=O)C(CC)C(O)c1ccc(F)cc1F. The number of carbonyl (C=O) groups excluding carboxylic acids is 1. The predicted molar refractivity (Wildman–Crippen MR) is 61.7 cm³/mol. The van der Waals surface area contributed by atoms with Crippen molar-refractivity contribution in [3.05, 3.63) is 35.4 Å². The number of hydrogen-bond acceptors (Lipinski definition) is 3. The van der Waals surface area contributed by atoms with Gasteiger partial charge in [-0.25, -0.2) is 8.78 Å². The molecule has 0 saturated heterocycles. The zero-order chi connectivity index (χ0) is 13.7. The Morgan fingerprint density at radius 2 is 2.06 bits per heavy atom. The molecule has 0 amide bonds. The first kappa shape index (κ1) is 14.6. The van der Waals surface area contributed by atoms with E-state index in [2.05, 4.69) is 0 Å². The lowest BCUT2D eigenvalue weighted by Gasteiger charge is -2.20. The van der Waals surface area contributed by atoms with Crippen LogP contribution < -0.4 is 0 Å². The van der Waals surface area contributed by atoms with E-state index < -0.39 is 29.6 Å². The summed E-state index contributed by atoms with van der Waals surface area (Å²) in [5, 5.41) is 9.99. The summed E-state index contributed by atoms with van der Waals surface area (Å²) in [4.78, 5) is 11.6. The van der Waals surface area contributed by atoms with Crippen molar-refractivity contribution in [1.29, 1.82) is 0 Å². The van der Waals surface area contributed by atoms with Gasteiger partial charge in [0.1, 0.15) is 11.6 Å². The summed E-state index contributed by atoms with van der Waals surface area (Å²) >= 11 is 0. The molecule has 0 spiro atoms. The van der Waals surface area contributed by atoms with Crippen LogP contribution in [0.2, 0.25) is 0 Å². The highest BCUT2D eigenvalue weighted by Gasteiger charge is 2.29. The van der Waals surface area contributed by atoms with E-state index in [1.54, 1.807) is 13.8 Å². The molecule has 0 radical (unpaired) electrons. The first-order chi connectivity index (χ1) is 8.51. The summed E-state index contributed by atoms with van der Waals surface area (Å²) in [6, 6.07) is 2.85. The van der Waals surface area contributed by atoms with Crippen LogP contribution >= 0.6 is 0 Å². The maximum absolute atomic E-state index is 13.5. The molecule has 0 aliphatic carbocycles. The van der Waals surface area contributed by atoms with Gasteiger partial charge < -0.3 is 9.84 Å². The summed E-state index contributed by atoms with van der Waals surface area (Å²) in [5.74, 6) is -3.04. The Hall–Kier alpha value is -1.49. The average molecular weight is 258 g/mol. The van der Waals surface area contributed by atoms with Gasteiger partial charge in [-0.15, -0.1) is 0 Å². The van der Waals surface area contributed by atoms with Crippen LogP contribution in [0.3, 0.4) is 0 Å². The highest BCUT2D eigenvalue weighted by molar-refractivity contribution is 5.73. The lowest BCUT2D eigenvalue weighted by atomic mass is 9.93. The number of hydrogen-bond donors (Lipinski definition) is 1. The summed E-state index contributed by atoms with van der Waals surface area (Å²) < 4.78 is 31.1. The summed E-state index contributed by atoms with van der Waals surface area (Å²) in [5.41, 5.74) is -0.101. The Balaban J connectivity index is 2.96. The molecule has 0 saturated carbocycles. The first-order valence-corrected chi connectivity index (χ1v) is 5.80. The third-order valence-corrected chi connectivity index (χ3v) is 2.69. The molecule has 0 aliphatic rings. The number of rotatable bonds is 5. The number of halogens is 2. The second-order valence-electron chi connectivity index (χ2n) is 3.88. The summed E-state index contributed by atoms with van der Waals surface area (Å²) in [7, 11) is 0. The topological polar surface area (TPSA) is 46.5 Å². The maximum atomic E-state index is 13.5. The van der Waals surface area contributed by atoms with Crippen molar-refractivity contribution in [3.63, 3.8) is 0 Å². The molecule has 100 valence electrons. The molecule has 2 unspecified atom stereocenters. The van der Waals surface area contributed by atoms with Gasteiger partial charge in [0.25, 0.3) is 0 Å². The molecule has 1 aromatic rings. The number of aliphatic hydroxyl groups is 1. The van der Waals surface area contributed by atoms with Crippen molar-refractivity contribution >= 4 is 5.97 Å². The van der Waals surface area contributed by atoms with E-state index >= 15 is 0 Å². The van der Waals surface area contributed by atoms with Gasteiger partial charge >= 0.3 is 5.97 Å². The smallest absolute Gasteiger partial charge is 0.311 e. The normalized spacial score (nSPS) is 14.1. The number of carbonyl (C=O) groups is 1. The van der Waals surface area contributed by atoms with E-state index in [0.29, 0.717) is 12.5 Å². The minimum absolute atomic E-state index is 0.101. The molecule has 0 aromatic heterocycles. The van der Waals surface area contributed by atoms with Gasteiger partial charge in [-0.3, -0.25) is 4.79 Å². The van der Waals surface area contributed by atoms with Gasteiger partial charge in [0.15, 0.2) is 0 Å². The third kappa shape index (κ3) is 3.26. The van der Waals surface area contributed by atoms with Gasteiger partial charge in [-0.2, -0.15) is 0 Å². The predicted octanol–water partition coefficient (Wildman–Crippen LogP) is 2.59. The summed E-state index contributed by atoms with van der Waals surface area (Å²) in [6.45, 7) is 3.52. The maximum Gasteiger partial charge on any atom is 0.311 e. The molecule has 18 heavy (non-hydrogen) atoms. The van der Waals surface area contributed by atoms with E-state index in [9.17, 15) is 18.7 Å². The number of benzene rings is 1. The number of esters is 1. The zero-order valence-electron chi connectivity index (χ0n) is 10.3. The van der Waals surface area contributed by atoms with Crippen molar-refractivity contribution in [3.8, 4) is 0 Å². The highest BCUT2D eigenvalue weighted by Crippen LogP contribution is 2.28. The lowest BCUT2D eigenvalue weighted by Crippen LogP contribution is -2.24. The van der Waals surface area contributed by atoms with Crippen LogP contribution in [-0.4, -0.2) is 17.7 Å². The van der Waals surface area contributed by atoms with Crippen LogP contribution in [0.25, 0.3) is 0 Å². The van der Waals surface area contributed by atoms with Crippen molar-refractivity contribution in [1.82, 2.24) is 0 Å². The van der Waals surface area contributed by atoms with E-state index in [4.69, 9.17) is 4.74 Å². The van der Waals surface area contributed by atoms with E-state index in [0.717, 1.165) is 12.1 Å². The van der Waals surface area contributed by atoms with E-state index in [1.165, 1.54) is 0 Å². The van der Waals surface area contributed by atoms with Crippen LogP contribution in [0, 0.1) is 17.6 Å². The Kier molecular flexibility index (Phi) is 5.22. The fourth-order valence-electron chi connectivity index (χ4n) is 1.73. The fourth-order valence-corrected chi connectivity index (χ4v) is 1.73. The Morgan fingerprint density at radius 3 is 2.56 bits per heavy atom. The third-order valence-electron chi connectivity index (χ3n) is 2.69. The van der Waals surface area contributed by atoms with E-state index in [1.807, 2.05) is 0 Å². The largest absolute Gasteiger partial charge is 0.466 e. The molecular formula is C13H16F2O3. The molecule has 1 rings (SSSR count). The molecule has 5 heteroatoms. The van der Waals surface area contributed by atoms with Crippen LogP contribution in [0.4, 0.5) is 8.78 Å². The van der Waals surface area contributed by atoms with Crippen molar-refractivity contribution in [2.24, 2.45) is 5.92 Å². The lowest BCUT2D eigenvalue weighted by molar-refractivity contribution is -0.152. The number of aliphatic hydroxyl groups excluding tert-OH is 1. The monoisotopic (exact) mass is 258 g/mol. The minimum Gasteiger partial charge on any atom is -0.466 e. The van der Waals surface area contributed by atoms with Crippen LogP contribution in [0.15, 0.2) is 18.2 Å². The van der Waals surface area contributed by atoms with Gasteiger partial charge in [0.05, 0.1) is 18.6 Å². The molecule has 1 N–H and O–H groups in total. The Labute approximate surface area is 104 Å². The van der Waals surface area contributed by atoms with Gasteiger partial charge in [0.2, 0.25) is 0 Å². The number of ether oxygens (including phenoxy) is 1. The molecule has 1 aromatic carbocycles. The Bertz CT molecular complexity index is 421. The fraction of sp³-hybridized carbons (Fsp3) is 0.462. The van der Waals surface area contributed by atoms with E-state index in [-0.39, 0.29) is 12.2 Å². The van der Waals surface area contributed by atoms with Crippen molar-refractivity contribution < 1.29 is 23.4 Å². The van der Waals surface area contributed by atoms with Crippen LogP contribution in [0.5, 0.6) is 0 Å². The highest BCUT2D eigenvalue weighted by atomic mass is 19.1. The molecule has 0 heterocycles. The van der Waals surface area contributed by atoms with Crippen molar-refractivity contribution in [2.45, 2.75) is 26.4 Å². The molecule has 0 aliphatic heterocycles. The molecular weight excluding hydrogens is 242 g/mol. The van der Waals surface area contributed by atoms with Gasteiger partial charge in [-0.05, 0) is 19.4 Å². The summed E-state index contributed by atoms with van der Waals surface area (Å²) in [6.07, 6.45) is -1.04.